The molecule has 0 heterocycles. The van der Waals surface area contributed by atoms with Crippen molar-refractivity contribution in [3.63, 3.8) is 0 Å². The summed E-state index contributed by atoms with van der Waals surface area (Å²) in [6, 6.07) is 10.1. The topological polar surface area (TPSA) is 68.8 Å². The molecule has 0 aromatic heterocycles. The van der Waals surface area contributed by atoms with E-state index in [1.165, 1.54) is 0 Å². The number of hydrogen-bond donors (Lipinski definition) is 1. The molecule has 2 rings (SSSR count). The molecule has 0 saturated carbocycles. The number of hydrogen-bond acceptors (Lipinski definition) is 5. The zero-order chi connectivity index (χ0) is 19.8. The molecule has 0 amide bonds. The summed E-state index contributed by atoms with van der Waals surface area (Å²) in [6.07, 6.45) is 1.71. The lowest BCUT2D eigenvalue weighted by Gasteiger charge is -2.18. The third kappa shape index (κ3) is 4.50. The third-order valence-electron chi connectivity index (χ3n) is 3.75. The standard InChI is InChI=1S/C20H19F2N3OS/c1-3-5-10-27-20-18(22)14(12-24)13(11-23)17(21)19(20)25-15-8-6-7-9-16(15)26-4-2/h6-9,25H,3-5,10H2,1-2H3. The summed E-state index contributed by atoms with van der Waals surface area (Å²) >= 11 is 1.12. The van der Waals surface area contributed by atoms with Crippen LogP contribution in [0.25, 0.3) is 0 Å². The summed E-state index contributed by atoms with van der Waals surface area (Å²) in [5, 5.41) is 21.3. The van der Waals surface area contributed by atoms with E-state index in [0.29, 0.717) is 23.8 Å². The molecule has 27 heavy (non-hydrogen) atoms. The molecule has 0 saturated heterocycles. The second-order valence-corrected chi connectivity index (χ2v) is 6.67. The Morgan fingerprint density at radius 2 is 1.74 bits per heavy atom. The van der Waals surface area contributed by atoms with Crippen LogP contribution in [0.5, 0.6) is 5.75 Å². The Labute approximate surface area is 161 Å². The zero-order valence-corrected chi connectivity index (χ0v) is 15.9. The van der Waals surface area contributed by atoms with Gasteiger partial charge in [-0.1, -0.05) is 25.5 Å². The Morgan fingerprint density at radius 3 is 2.37 bits per heavy atom. The van der Waals surface area contributed by atoms with Crippen LogP contribution >= 0.6 is 11.8 Å². The lowest BCUT2D eigenvalue weighted by molar-refractivity contribution is 0.342. The van der Waals surface area contributed by atoms with E-state index in [2.05, 4.69) is 5.32 Å². The molecule has 0 spiro atoms. The first-order chi connectivity index (χ1) is 13.1. The van der Waals surface area contributed by atoms with E-state index in [0.717, 1.165) is 24.6 Å². The Morgan fingerprint density at radius 1 is 1.07 bits per heavy atom. The maximum atomic E-state index is 15.0. The Hall–Kier alpha value is -2.77. The number of para-hydroxylation sites is 2. The summed E-state index contributed by atoms with van der Waals surface area (Å²) in [5.74, 6) is -0.785. The highest BCUT2D eigenvalue weighted by Gasteiger charge is 2.25. The van der Waals surface area contributed by atoms with Crippen molar-refractivity contribution in [1.82, 2.24) is 0 Å². The zero-order valence-electron chi connectivity index (χ0n) is 15.1. The van der Waals surface area contributed by atoms with Crippen LogP contribution in [-0.4, -0.2) is 12.4 Å². The van der Waals surface area contributed by atoms with Crippen molar-refractivity contribution in [2.45, 2.75) is 31.6 Å². The predicted molar refractivity (Wildman–Crippen MR) is 102 cm³/mol. The van der Waals surface area contributed by atoms with Gasteiger partial charge in [-0.15, -0.1) is 11.8 Å². The van der Waals surface area contributed by atoms with Gasteiger partial charge >= 0.3 is 0 Å². The second-order valence-electron chi connectivity index (χ2n) is 5.56. The van der Waals surface area contributed by atoms with E-state index in [1.807, 2.05) is 13.8 Å². The number of benzene rings is 2. The molecule has 0 aliphatic carbocycles. The molecule has 0 fully saturated rings. The molecule has 0 atom stereocenters. The van der Waals surface area contributed by atoms with E-state index in [-0.39, 0.29) is 10.6 Å². The summed E-state index contributed by atoms with van der Waals surface area (Å²) < 4.78 is 35.4. The van der Waals surface area contributed by atoms with Crippen LogP contribution in [0.4, 0.5) is 20.2 Å². The number of thioether (sulfide) groups is 1. The van der Waals surface area contributed by atoms with Crippen LogP contribution in [0.2, 0.25) is 0 Å². The number of halogens is 2. The van der Waals surface area contributed by atoms with Crippen molar-refractivity contribution < 1.29 is 13.5 Å². The monoisotopic (exact) mass is 387 g/mol. The fourth-order valence-corrected chi connectivity index (χ4v) is 3.58. The highest BCUT2D eigenvalue weighted by atomic mass is 32.2. The smallest absolute Gasteiger partial charge is 0.167 e. The minimum atomic E-state index is -0.944. The van der Waals surface area contributed by atoms with E-state index >= 15 is 4.39 Å². The number of nitrogens with one attached hydrogen (secondary N) is 1. The molecule has 140 valence electrons. The van der Waals surface area contributed by atoms with Gasteiger partial charge in [0.2, 0.25) is 0 Å². The predicted octanol–water partition coefficient (Wildman–Crippen LogP) is 5.74. The molecule has 1 N–H and O–H groups in total. The molecule has 0 unspecified atom stereocenters. The van der Waals surface area contributed by atoms with Gasteiger partial charge in [0.1, 0.15) is 29.0 Å². The fraction of sp³-hybridized carbons (Fsp3) is 0.300. The average molecular weight is 387 g/mol. The maximum absolute atomic E-state index is 15.0. The van der Waals surface area contributed by atoms with Gasteiger partial charge in [0, 0.05) is 0 Å². The van der Waals surface area contributed by atoms with Crippen molar-refractivity contribution >= 4 is 23.1 Å². The number of ether oxygens (including phenoxy) is 1. The maximum Gasteiger partial charge on any atom is 0.167 e. The van der Waals surface area contributed by atoms with E-state index in [4.69, 9.17) is 4.74 Å². The van der Waals surface area contributed by atoms with Gasteiger partial charge in [-0.3, -0.25) is 0 Å². The van der Waals surface area contributed by atoms with Crippen LogP contribution in [0.1, 0.15) is 37.8 Å². The number of unbranched alkanes of at least 4 members (excludes halogenated alkanes) is 1. The van der Waals surface area contributed by atoms with Crippen molar-refractivity contribution in [1.29, 1.82) is 10.5 Å². The van der Waals surface area contributed by atoms with Crippen molar-refractivity contribution in [2.75, 3.05) is 17.7 Å². The Balaban J connectivity index is 2.61. The van der Waals surface area contributed by atoms with Gasteiger partial charge in [0.05, 0.1) is 22.9 Å². The van der Waals surface area contributed by atoms with E-state index < -0.39 is 22.8 Å². The third-order valence-corrected chi connectivity index (χ3v) is 4.91. The normalized spacial score (nSPS) is 10.1. The number of nitriles is 2. The highest BCUT2D eigenvalue weighted by molar-refractivity contribution is 7.99. The first-order valence-corrected chi connectivity index (χ1v) is 9.54. The Bertz CT molecular complexity index is 904. The van der Waals surface area contributed by atoms with Gasteiger partial charge in [0.15, 0.2) is 11.6 Å². The average Bonchev–Trinajstić information content (AvgIpc) is 2.68. The molecule has 0 bridgehead atoms. The van der Waals surface area contributed by atoms with Crippen molar-refractivity contribution in [3.8, 4) is 17.9 Å². The molecule has 7 heteroatoms. The highest BCUT2D eigenvalue weighted by Crippen LogP contribution is 2.40. The van der Waals surface area contributed by atoms with Gasteiger partial charge in [-0.25, -0.2) is 8.78 Å². The van der Waals surface area contributed by atoms with Crippen molar-refractivity contribution in [2.24, 2.45) is 0 Å². The van der Waals surface area contributed by atoms with Gasteiger partial charge < -0.3 is 10.1 Å². The second kappa shape index (κ2) is 9.80. The van der Waals surface area contributed by atoms with E-state index in [9.17, 15) is 14.9 Å². The van der Waals surface area contributed by atoms with Crippen LogP contribution in [0.15, 0.2) is 29.2 Å². The van der Waals surface area contributed by atoms with Crippen LogP contribution in [0.3, 0.4) is 0 Å². The minimum absolute atomic E-state index is 0.0113. The van der Waals surface area contributed by atoms with Crippen LogP contribution < -0.4 is 10.1 Å². The quantitative estimate of drug-likeness (QED) is 0.462. The van der Waals surface area contributed by atoms with Crippen molar-refractivity contribution in [3.05, 3.63) is 47.0 Å². The minimum Gasteiger partial charge on any atom is -0.492 e. The molecular formula is C20H19F2N3OS. The molecule has 4 nitrogen and oxygen atoms in total. The lowest BCUT2D eigenvalue weighted by Crippen LogP contribution is -2.06. The van der Waals surface area contributed by atoms with Gasteiger partial charge in [0.25, 0.3) is 0 Å². The molecule has 0 aliphatic rings. The summed E-state index contributed by atoms with van der Waals surface area (Å²) in [5.41, 5.74) is -0.885. The number of anilines is 2. The first kappa shape index (κ1) is 20.5. The summed E-state index contributed by atoms with van der Waals surface area (Å²) in [6.45, 7) is 4.22. The van der Waals surface area contributed by atoms with Crippen LogP contribution in [0, 0.1) is 34.3 Å². The first-order valence-electron chi connectivity index (χ1n) is 8.55. The number of nitrogens with zero attached hydrogens (tertiary/aromatic N) is 2. The summed E-state index contributed by atoms with van der Waals surface area (Å²) in [4.78, 5) is -0.0113. The van der Waals surface area contributed by atoms with E-state index in [1.54, 1.807) is 36.4 Å². The van der Waals surface area contributed by atoms with Gasteiger partial charge in [-0.2, -0.15) is 10.5 Å². The fourth-order valence-electron chi connectivity index (χ4n) is 2.43. The lowest BCUT2D eigenvalue weighted by atomic mass is 10.1. The summed E-state index contributed by atoms with van der Waals surface area (Å²) in [7, 11) is 0. The van der Waals surface area contributed by atoms with Gasteiger partial charge in [-0.05, 0) is 31.2 Å². The molecule has 2 aromatic rings. The molecule has 0 radical (unpaired) electrons. The molecule has 2 aromatic carbocycles. The SMILES string of the molecule is CCCCSc1c(F)c(C#N)c(C#N)c(F)c1Nc1ccccc1OCC. The molecule has 0 aliphatic heterocycles. The Kier molecular flexibility index (Phi) is 7.45. The molecular weight excluding hydrogens is 368 g/mol. The largest absolute Gasteiger partial charge is 0.492 e. The number of rotatable bonds is 8. The van der Waals surface area contributed by atoms with Crippen LogP contribution in [-0.2, 0) is 0 Å².